The number of carbonyl (C=O) groups excluding carboxylic acids is 3. The minimum Gasteiger partial charge on any atom is -0.506 e. The lowest BCUT2D eigenvalue weighted by molar-refractivity contribution is -0.116. The summed E-state index contributed by atoms with van der Waals surface area (Å²) < 4.78 is 0. The number of nitrogens with one attached hydrogen (secondary N) is 1. The molecule has 0 amide bonds. The highest BCUT2D eigenvalue weighted by atomic mass is 16.3. The number of rotatable bonds is 5. The van der Waals surface area contributed by atoms with Gasteiger partial charge >= 0.3 is 0 Å². The van der Waals surface area contributed by atoms with Gasteiger partial charge in [-0.25, -0.2) is 0 Å². The third kappa shape index (κ3) is 3.26. The number of carbonyl (C=O) groups is 3. The number of hydrogen-bond donors (Lipinski definition) is 2. The molecule has 23 heavy (non-hydrogen) atoms. The van der Waals surface area contributed by atoms with E-state index in [9.17, 15) is 24.3 Å². The molecule has 1 aromatic carbocycles. The standard InChI is InChI=1S/C17H15NO5/c1-9(19)8-12(21)14-15(11-6-4-3-5-7-11)18-17(23)13(10(2)20)16(14)22/h3-7H,8H2,1-2H3,(H2,18,22,23). The molecule has 6 heteroatoms. The Morgan fingerprint density at radius 1 is 1.04 bits per heavy atom. The van der Waals surface area contributed by atoms with E-state index in [4.69, 9.17) is 0 Å². The van der Waals surface area contributed by atoms with Gasteiger partial charge in [-0.1, -0.05) is 30.3 Å². The lowest BCUT2D eigenvalue weighted by Gasteiger charge is -2.12. The molecular formula is C17H15NO5. The molecule has 2 N–H and O–H groups in total. The Balaban J connectivity index is 2.81. The highest BCUT2D eigenvalue weighted by Gasteiger charge is 2.25. The van der Waals surface area contributed by atoms with Gasteiger partial charge in [0.2, 0.25) is 0 Å². The van der Waals surface area contributed by atoms with E-state index in [0.29, 0.717) is 5.56 Å². The van der Waals surface area contributed by atoms with E-state index < -0.39 is 34.9 Å². The summed E-state index contributed by atoms with van der Waals surface area (Å²) in [6, 6.07) is 8.43. The normalized spacial score (nSPS) is 10.3. The van der Waals surface area contributed by atoms with Crippen molar-refractivity contribution in [3.05, 3.63) is 51.8 Å². The molecule has 0 unspecified atom stereocenters. The minimum atomic E-state index is -0.784. The van der Waals surface area contributed by atoms with Crippen LogP contribution in [0.25, 0.3) is 11.3 Å². The van der Waals surface area contributed by atoms with Crippen LogP contribution in [0.5, 0.6) is 5.75 Å². The van der Waals surface area contributed by atoms with E-state index in [1.54, 1.807) is 30.3 Å². The van der Waals surface area contributed by atoms with E-state index >= 15 is 0 Å². The predicted octanol–water partition coefficient (Wildman–Crippen LogP) is 2.11. The van der Waals surface area contributed by atoms with Crippen molar-refractivity contribution in [2.75, 3.05) is 0 Å². The second-order valence-corrected chi connectivity index (χ2v) is 5.15. The second-order valence-electron chi connectivity index (χ2n) is 5.15. The van der Waals surface area contributed by atoms with Crippen LogP contribution in [0, 0.1) is 0 Å². The average Bonchev–Trinajstić information content (AvgIpc) is 2.46. The van der Waals surface area contributed by atoms with Crippen LogP contribution < -0.4 is 5.56 Å². The Hall–Kier alpha value is -3.02. The van der Waals surface area contributed by atoms with Crippen molar-refractivity contribution < 1.29 is 19.5 Å². The zero-order valence-corrected chi connectivity index (χ0v) is 12.7. The average molecular weight is 313 g/mol. The molecule has 0 aliphatic rings. The highest BCUT2D eigenvalue weighted by Crippen LogP contribution is 2.30. The third-order valence-electron chi connectivity index (χ3n) is 3.29. The lowest BCUT2D eigenvalue weighted by atomic mass is 9.96. The first-order valence-corrected chi connectivity index (χ1v) is 6.91. The SMILES string of the molecule is CC(=O)CC(=O)c1c(-c2ccccc2)[nH]c(=O)c(C(C)=O)c1O. The Morgan fingerprint density at radius 3 is 2.17 bits per heavy atom. The fourth-order valence-electron chi connectivity index (χ4n) is 2.32. The van der Waals surface area contributed by atoms with E-state index in [1.165, 1.54) is 6.92 Å². The molecule has 0 saturated heterocycles. The van der Waals surface area contributed by atoms with E-state index in [2.05, 4.69) is 4.98 Å². The first-order chi connectivity index (χ1) is 10.8. The molecule has 0 radical (unpaired) electrons. The zero-order valence-electron chi connectivity index (χ0n) is 12.7. The van der Waals surface area contributed by atoms with Crippen molar-refractivity contribution in [1.29, 1.82) is 0 Å². The number of pyridine rings is 1. The van der Waals surface area contributed by atoms with Crippen molar-refractivity contribution >= 4 is 17.3 Å². The number of aromatic hydroxyl groups is 1. The number of Topliss-reactive ketones (excluding diaryl/α,β-unsaturated/α-hetero) is 3. The van der Waals surface area contributed by atoms with Gasteiger partial charge in [0.25, 0.3) is 5.56 Å². The topological polar surface area (TPSA) is 104 Å². The fourth-order valence-corrected chi connectivity index (χ4v) is 2.32. The third-order valence-corrected chi connectivity index (χ3v) is 3.29. The van der Waals surface area contributed by atoms with Crippen LogP contribution in [-0.2, 0) is 4.79 Å². The zero-order chi connectivity index (χ0) is 17.1. The van der Waals surface area contributed by atoms with Crippen molar-refractivity contribution in [2.24, 2.45) is 0 Å². The molecule has 0 spiro atoms. The number of benzene rings is 1. The molecule has 0 fully saturated rings. The predicted molar refractivity (Wildman–Crippen MR) is 83.8 cm³/mol. The smallest absolute Gasteiger partial charge is 0.263 e. The van der Waals surface area contributed by atoms with E-state index in [1.807, 2.05) is 0 Å². The van der Waals surface area contributed by atoms with Gasteiger partial charge in [-0.2, -0.15) is 0 Å². The second kappa shape index (κ2) is 6.39. The molecule has 0 bridgehead atoms. The molecule has 1 heterocycles. The summed E-state index contributed by atoms with van der Waals surface area (Å²) in [6.07, 6.45) is -0.434. The Morgan fingerprint density at radius 2 is 1.65 bits per heavy atom. The molecule has 2 aromatic rings. The van der Waals surface area contributed by atoms with Gasteiger partial charge in [-0.15, -0.1) is 0 Å². The maximum absolute atomic E-state index is 12.3. The molecule has 0 saturated carbocycles. The minimum absolute atomic E-state index is 0.0874. The highest BCUT2D eigenvalue weighted by molar-refractivity contribution is 6.13. The number of aromatic nitrogens is 1. The molecule has 0 aliphatic heterocycles. The van der Waals surface area contributed by atoms with Gasteiger partial charge in [0.15, 0.2) is 11.6 Å². The summed E-state index contributed by atoms with van der Waals surface area (Å²) >= 11 is 0. The Bertz CT molecular complexity index is 849. The largest absolute Gasteiger partial charge is 0.506 e. The van der Waals surface area contributed by atoms with E-state index in [-0.39, 0.29) is 17.0 Å². The number of hydrogen-bond acceptors (Lipinski definition) is 5. The molecular weight excluding hydrogens is 298 g/mol. The van der Waals surface area contributed by atoms with Crippen molar-refractivity contribution in [3.63, 3.8) is 0 Å². The maximum atomic E-state index is 12.3. The van der Waals surface area contributed by atoms with Crippen molar-refractivity contribution in [2.45, 2.75) is 20.3 Å². The van der Waals surface area contributed by atoms with Crippen LogP contribution >= 0.6 is 0 Å². The Kier molecular flexibility index (Phi) is 4.55. The van der Waals surface area contributed by atoms with E-state index in [0.717, 1.165) is 6.92 Å². The fraction of sp³-hybridized carbons (Fsp3) is 0.176. The van der Waals surface area contributed by atoms with Crippen molar-refractivity contribution in [3.8, 4) is 17.0 Å². The summed E-state index contributed by atoms with van der Waals surface area (Å²) in [7, 11) is 0. The molecule has 0 aliphatic carbocycles. The molecule has 1 aromatic heterocycles. The van der Waals surface area contributed by atoms with Gasteiger partial charge in [0.05, 0.1) is 17.7 Å². The van der Waals surface area contributed by atoms with Gasteiger partial charge < -0.3 is 10.1 Å². The summed E-state index contributed by atoms with van der Waals surface area (Å²) in [5, 5.41) is 10.3. The molecule has 2 rings (SSSR count). The summed E-state index contributed by atoms with van der Waals surface area (Å²) in [6.45, 7) is 2.36. The first-order valence-electron chi connectivity index (χ1n) is 6.91. The van der Waals surface area contributed by atoms with Crippen LogP contribution in [0.4, 0.5) is 0 Å². The number of ketones is 3. The monoisotopic (exact) mass is 313 g/mol. The molecule has 0 atom stereocenters. The van der Waals surface area contributed by atoms with Gasteiger partial charge in [0, 0.05) is 0 Å². The van der Waals surface area contributed by atoms with Crippen LogP contribution in [0.1, 0.15) is 41.0 Å². The number of H-pyrrole nitrogens is 1. The van der Waals surface area contributed by atoms with Gasteiger partial charge in [0.1, 0.15) is 17.1 Å². The van der Waals surface area contributed by atoms with Crippen LogP contribution in [0.2, 0.25) is 0 Å². The lowest BCUT2D eigenvalue weighted by Crippen LogP contribution is -2.21. The van der Waals surface area contributed by atoms with Crippen molar-refractivity contribution in [1.82, 2.24) is 4.98 Å². The van der Waals surface area contributed by atoms with Crippen LogP contribution in [0.15, 0.2) is 35.1 Å². The summed E-state index contributed by atoms with van der Waals surface area (Å²) in [4.78, 5) is 49.7. The van der Waals surface area contributed by atoms with Gasteiger partial charge in [-0.05, 0) is 19.4 Å². The quantitative estimate of drug-likeness (QED) is 0.650. The summed E-state index contributed by atoms with van der Waals surface area (Å²) in [5.41, 5.74) is -0.924. The van der Waals surface area contributed by atoms with Crippen LogP contribution in [-0.4, -0.2) is 27.4 Å². The van der Waals surface area contributed by atoms with Crippen LogP contribution in [0.3, 0.4) is 0 Å². The summed E-state index contributed by atoms with van der Waals surface area (Å²) in [5.74, 6) is -2.40. The Labute approximate surface area is 131 Å². The maximum Gasteiger partial charge on any atom is 0.263 e. The molecule has 118 valence electrons. The number of aromatic amines is 1. The first kappa shape index (κ1) is 16.4. The van der Waals surface area contributed by atoms with Gasteiger partial charge in [-0.3, -0.25) is 19.2 Å². The molecule has 6 nitrogen and oxygen atoms in total.